The molecule has 2 heterocycles. The third kappa shape index (κ3) is 2.20. The van der Waals surface area contributed by atoms with Crippen molar-refractivity contribution in [2.75, 3.05) is 6.61 Å². The molecule has 24 heavy (non-hydrogen) atoms. The van der Waals surface area contributed by atoms with Crippen LogP contribution >= 0.6 is 0 Å². The Balaban J connectivity index is 1.70. The van der Waals surface area contributed by atoms with E-state index in [1.807, 2.05) is 6.07 Å². The summed E-state index contributed by atoms with van der Waals surface area (Å²) >= 11 is 0. The van der Waals surface area contributed by atoms with Crippen molar-refractivity contribution in [2.24, 2.45) is 0 Å². The molecule has 2 N–H and O–H groups in total. The van der Waals surface area contributed by atoms with Gasteiger partial charge in [-0.2, -0.15) is 0 Å². The minimum atomic E-state index is -0.0298. The van der Waals surface area contributed by atoms with Gasteiger partial charge < -0.3 is 19.7 Å². The fourth-order valence-electron chi connectivity index (χ4n) is 3.65. The van der Waals surface area contributed by atoms with Crippen molar-refractivity contribution >= 4 is 0 Å². The molecule has 4 heteroatoms. The summed E-state index contributed by atoms with van der Waals surface area (Å²) < 4.78 is 11.9. The number of phenols is 2. The van der Waals surface area contributed by atoms with Crippen molar-refractivity contribution in [1.82, 2.24) is 0 Å². The Morgan fingerprint density at radius 1 is 1.08 bits per heavy atom. The molecular formula is C20H22O4. The SMILES string of the molecule is C[C@@H]1Oc2cc3c(cc2C1(C)C)C[C@H](c1ccc(O)cc1O)CO3. The molecule has 0 aromatic heterocycles. The molecule has 0 saturated heterocycles. The lowest BCUT2D eigenvalue weighted by molar-refractivity contribution is 0.185. The predicted octanol–water partition coefficient (Wildman–Crippen LogP) is 3.88. The van der Waals surface area contributed by atoms with Gasteiger partial charge in [0, 0.05) is 34.6 Å². The van der Waals surface area contributed by atoms with Gasteiger partial charge in [-0.05, 0) is 31.0 Å². The van der Waals surface area contributed by atoms with Gasteiger partial charge in [-0.1, -0.05) is 19.9 Å². The third-order valence-corrected chi connectivity index (χ3v) is 5.54. The number of hydrogen-bond acceptors (Lipinski definition) is 4. The lowest BCUT2D eigenvalue weighted by Crippen LogP contribution is -2.29. The average molecular weight is 326 g/mol. The van der Waals surface area contributed by atoms with E-state index in [2.05, 4.69) is 26.8 Å². The largest absolute Gasteiger partial charge is 0.508 e. The van der Waals surface area contributed by atoms with E-state index in [1.54, 1.807) is 12.1 Å². The minimum absolute atomic E-state index is 0.0298. The Labute approximate surface area is 141 Å². The molecule has 2 aliphatic heterocycles. The van der Waals surface area contributed by atoms with Gasteiger partial charge in [-0.25, -0.2) is 0 Å². The van der Waals surface area contributed by atoms with Crippen LogP contribution in [0.2, 0.25) is 0 Å². The fourth-order valence-corrected chi connectivity index (χ4v) is 3.65. The summed E-state index contributed by atoms with van der Waals surface area (Å²) in [5, 5.41) is 19.6. The van der Waals surface area contributed by atoms with E-state index in [-0.39, 0.29) is 28.9 Å². The van der Waals surface area contributed by atoms with Gasteiger partial charge in [0.1, 0.15) is 29.1 Å². The number of ether oxygens (including phenoxy) is 2. The summed E-state index contributed by atoms with van der Waals surface area (Å²) in [6, 6.07) is 8.95. The van der Waals surface area contributed by atoms with Crippen molar-refractivity contribution in [3.05, 3.63) is 47.0 Å². The van der Waals surface area contributed by atoms with Crippen LogP contribution in [0.15, 0.2) is 30.3 Å². The summed E-state index contributed by atoms with van der Waals surface area (Å²) in [5.74, 6) is 2.04. The summed E-state index contributed by atoms with van der Waals surface area (Å²) in [5.41, 5.74) is 3.14. The zero-order chi connectivity index (χ0) is 17.1. The van der Waals surface area contributed by atoms with Crippen LogP contribution in [-0.4, -0.2) is 22.9 Å². The van der Waals surface area contributed by atoms with Crippen LogP contribution in [0.5, 0.6) is 23.0 Å². The predicted molar refractivity (Wildman–Crippen MR) is 91.3 cm³/mol. The summed E-state index contributed by atoms with van der Waals surface area (Å²) in [4.78, 5) is 0. The van der Waals surface area contributed by atoms with Crippen molar-refractivity contribution in [1.29, 1.82) is 0 Å². The second kappa shape index (κ2) is 5.07. The van der Waals surface area contributed by atoms with Crippen molar-refractivity contribution < 1.29 is 19.7 Å². The van der Waals surface area contributed by atoms with E-state index in [0.29, 0.717) is 6.61 Å². The Kier molecular flexibility index (Phi) is 3.21. The molecule has 4 nitrogen and oxygen atoms in total. The molecule has 126 valence electrons. The molecule has 4 rings (SSSR count). The number of aromatic hydroxyl groups is 2. The molecule has 0 fully saturated rings. The van der Waals surface area contributed by atoms with Crippen molar-refractivity contribution in [2.45, 2.75) is 44.6 Å². The molecule has 2 aromatic carbocycles. The molecule has 2 aromatic rings. The highest BCUT2D eigenvalue weighted by atomic mass is 16.5. The Morgan fingerprint density at radius 3 is 2.62 bits per heavy atom. The zero-order valence-electron chi connectivity index (χ0n) is 14.2. The van der Waals surface area contributed by atoms with Crippen LogP contribution < -0.4 is 9.47 Å². The van der Waals surface area contributed by atoms with Gasteiger partial charge >= 0.3 is 0 Å². The Bertz CT molecular complexity index is 810. The molecule has 0 amide bonds. The second-order valence-electron chi connectivity index (χ2n) is 7.39. The molecule has 0 saturated carbocycles. The first-order chi connectivity index (χ1) is 11.4. The number of rotatable bonds is 1. The van der Waals surface area contributed by atoms with Crippen molar-refractivity contribution in [3.63, 3.8) is 0 Å². The van der Waals surface area contributed by atoms with Gasteiger partial charge in [0.25, 0.3) is 0 Å². The highest BCUT2D eigenvalue weighted by Gasteiger charge is 2.40. The van der Waals surface area contributed by atoms with E-state index in [9.17, 15) is 10.2 Å². The molecule has 2 atom stereocenters. The molecule has 0 unspecified atom stereocenters. The van der Waals surface area contributed by atoms with E-state index in [1.165, 1.54) is 11.6 Å². The van der Waals surface area contributed by atoms with Gasteiger partial charge in [-0.3, -0.25) is 0 Å². The Morgan fingerprint density at radius 2 is 1.88 bits per heavy atom. The lowest BCUT2D eigenvalue weighted by atomic mass is 9.80. The molecule has 0 radical (unpaired) electrons. The number of hydrogen-bond donors (Lipinski definition) is 2. The van der Waals surface area contributed by atoms with Crippen LogP contribution in [0.25, 0.3) is 0 Å². The van der Waals surface area contributed by atoms with Crippen LogP contribution in [0.4, 0.5) is 0 Å². The zero-order valence-corrected chi connectivity index (χ0v) is 14.2. The van der Waals surface area contributed by atoms with Crippen molar-refractivity contribution in [3.8, 4) is 23.0 Å². The van der Waals surface area contributed by atoms with Crippen LogP contribution in [0, 0.1) is 0 Å². The monoisotopic (exact) mass is 326 g/mol. The number of phenolic OH excluding ortho intramolecular Hbond substituents is 2. The topological polar surface area (TPSA) is 58.9 Å². The molecule has 0 bridgehead atoms. The fraction of sp³-hybridized carbons (Fsp3) is 0.400. The summed E-state index contributed by atoms with van der Waals surface area (Å²) in [6.07, 6.45) is 0.930. The highest BCUT2D eigenvalue weighted by Crippen LogP contribution is 2.47. The lowest BCUT2D eigenvalue weighted by Gasteiger charge is -2.28. The quantitative estimate of drug-likeness (QED) is 0.835. The molecule has 0 aliphatic carbocycles. The Hall–Kier alpha value is -2.36. The maximum atomic E-state index is 10.1. The maximum absolute atomic E-state index is 10.1. The van der Waals surface area contributed by atoms with E-state index in [0.717, 1.165) is 29.0 Å². The van der Waals surface area contributed by atoms with Gasteiger partial charge in [0.05, 0.1) is 6.61 Å². The molecule has 2 aliphatic rings. The minimum Gasteiger partial charge on any atom is -0.508 e. The van der Waals surface area contributed by atoms with Crippen LogP contribution in [0.3, 0.4) is 0 Å². The van der Waals surface area contributed by atoms with Gasteiger partial charge in [0.2, 0.25) is 0 Å². The van der Waals surface area contributed by atoms with Gasteiger partial charge in [0.15, 0.2) is 0 Å². The van der Waals surface area contributed by atoms with E-state index in [4.69, 9.17) is 9.47 Å². The first-order valence-electron chi connectivity index (χ1n) is 8.35. The van der Waals surface area contributed by atoms with Crippen LogP contribution in [-0.2, 0) is 11.8 Å². The maximum Gasteiger partial charge on any atom is 0.127 e. The number of fused-ring (bicyclic) bond motifs is 2. The normalized spacial score (nSPS) is 23.8. The standard InChI is InChI=1S/C20H22O4/c1-11-20(2,3)16-7-12-6-13(10-23-18(12)9-19(16)24-11)15-5-4-14(21)8-17(15)22/h4-5,7-9,11,13,21-22H,6,10H2,1-3H3/t11-,13-/m0/s1. The number of benzene rings is 2. The second-order valence-corrected chi connectivity index (χ2v) is 7.39. The first kappa shape index (κ1) is 15.2. The average Bonchev–Trinajstić information content (AvgIpc) is 2.74. The van der Waals surface area contributed by atoms with Gasteiger partial charge in [-0.15, -0.1) is 0 Å². The third-order valence-electron chi connectivity index (χ3n) is 5.54. The molecular weight excluding hydrogens is 304 g/mol. The smallest absolute Gasteiger partial charge is 0.127 e. The van der Waals surface area contributed by atoms with E-state index < -0.39 is 0 Å². The van der Waals surface area contributed by atoms with Crippen LogP contribution in [0.1, 0.15) is 43.4 Å². The highest BCUT2D eigenvalue weighted by molar-refractivity contribution is 5.54. The summed E-state index contributed by atoms with van der Waals surface area (Å²) in [7, 11) is 0. The first-order valence-corrected chi connectivity index (χ1v) is 8.35. The summed E-state index contributed by atoms with van der Waals surface area (Å²) in [6.45, 7) is 6.99. The molecule has 0 spiro atoms. The van der Waals surface area contributed by atoms with E-state index >= 15 is 0 Å².